The minimum Gasteiger partial charge on any atom is -0.493 e. The van der Waals surface area contributed by atoms with Crippen molar-refractivity contribution in [1.29, 1.82) is 0 Å². The number of benzene rings is 1. The summed E-state index contributed by atoms with van der Waals surface area (Å²) >= 11 is 0. The largest absolute Gasteiger partial charge is 0.493 e. The van der Waals surface area contributed by atoms with Crippen molar-refractivity contribution < 1.29 is 18.9 Å². The van der Waals surface area contributed by atoms with Gasteiger partial charge in [0.15, 0.2) is 17.8 Å². The third kappa shape index (κ3) is 3.01. The van der Waals surface area contributed by atoms with Gasteiger partial charge in [-0.3, -0.25) is 0 Å². The molecule has 0 saturated carbocycles. The molecule has 1 saturated heterocycles. The van der Waals surface area contributed by atoms with Crippen LogP contribution in [-0.4, -0.2) is 34.2 Å². The highest BCUT2D eigenvalue weighted by atomic mass is 16.7. The molecule has 1 unspecified atom stereocenters. The lowest BCUT2D eigenvalue weighted by Crippen LogP contribution is -2.44. The average molecular weight is 294 g/mol. The molecule has 4 nitrogen and oxygen atoms in total. The van der Waals surface area contributed by atoms with E-state index in [1.807, 2.05) is 6.07 Å². The molecular weight excluding hydrogens is 268 g/mol. The molecule has 0 amide bonds. The van der Waals surface area contributed by atoms with E-state index in [2.05, 4.69) is 26.0 Å². The van der Waals surface area contributed by atoms with Crippen molar-refractivity contribution in [3.05, 3.63) is 23.8 Å². The van der Waals surface area contributed by atoms with E-state index < -0.39 is 0 Å². The summed E-state index contributed by atoms with van der Waals surface area (Å²) in [6.07, 6.45) is 1.86. The minimum atomic E-state index is -0.0861. The summed E-state index contributed by atoms with van der Waals surface area (Å²) in [5, 5.41) is 0. The van der Waals surface area contributed by atoms with Gasteiger partial charge < -0.3 is 18.9 Å². The predicted molar refractivity (Wildman–Crippen MR) is 82.0 cm³/mol. The van der Waals surface area contributed by atoms with Crippen LogP contribution in [-0.2, 0) is 14.9 Å². The van der Waals surface area contributed by atoms with Crippen molar-refractivity contribution in [1.82, 2.24) is 0 Å². The molecule has 0 radical (unpaired) electrons. The van der Waals surface area contributed by atoms with E-state index in [0.29, 0.717) is 12.5 Å². The summed E-state index contributed by atoms with van der Waals surface area (Å²) in [7, 11) is 5.02. The van der Waals surface area contributed by atoms with Crippen molar-refractivity contribution in [2.45, 2.75) is 38.4 Å². The van der Waals surface area contributed by atoms with Crippen molar-refractivity contribution in [3.8, 4) is 11.5 Å². The van der Waals surface area contributed by atoms with E-state index in [1.165, 1.54) is 5.56 Å². The second kappa shape index (κ2) is 6.67. The summed E-state index contributed by atoms with van der Waals surface area (Å²) in [5.74, 6) is 1.99. The number of hydrogen-bond donors (Lipinski definition) is 0. The molecule has 0 bridgehead atoms. The molecule has 0 aromatic heterocycles. The van der Waals surface area contributed by atoms with Gasteiger partial charge in [-0.15, -0.1) is 0 Å². The van der Waals surface area contributed by atoms with E-state index in [4.69, 9.17) is 18.9 Å². The van der Waals surface area contributed by atoms with Gasteiger partial charge in [-0.25, -0.2) is 0 Å². The van der Waals surface area contributed by atoms with Crippen LogP contribution in [0.1, 0.15) is 32.3 Å². The lowest BCUT2D eigenvalue weighted by Gasteiger charge is -2.43. The molecule has 1 aromatic rings. The van der Waals surface area contributed by atoms with Gasteiger partial charge in [0.05, 0.1) is 20.8 Å². The second-order valence-electron chi connectivity index (χ2n) is 5.90. The molecule has 0 aliphatic carbocycles. The molecule has 1 aliphatic rings. The number of hydrogen-bond acceptors (Lipinski definition) is 4. The Kier molecular flexibility index (Phi) is 5.12. The molecule has 0 N–H and O–H groups in total. The Hall–Kier alpha value is -1.26. The average Bonchev–Trinajstić information content (AvgIpc) is 2.53. The van der Waals surface area contributed by atoms with Crippen molar-refractivity contribution in [2.24, 2.45) is 5.92 Å². The highest BCUT2D eigenvalue weighted by molar-refractivity contribution is 5.45. The Labute approximate surface area is 127 Å². The van der Waals surface area contributed by atoms with Gasteiger partial charge in [0.25, 0.3) is 0 Å². The van der Waals surface area contributed by atoms with Crippen LogP contribution in [0.5, 0.6) is 11.5 Å². The molecule has 1 fully saturated rings. The van der Waals surface area contributed by atoms with Gasteiger partial charge >= 0.3 is 0 Å². The van der Waals surface area contributed by atoms with E-state index in [0.717, 1.165) is 24.3 Å². The van der Waals surface area contributed by atoms with Crippen LogP contribution in [0.25, 0.3) is 0 Å². The van der Waals surface area contributed by atoms with Crippen molar-refractivity contribution in [3.63, 3.8) is 0 Å². The Morgan fingerprint density at radius 2 is 1.86 bits per heavy atom. The summed E-state index contributed by atoms with van der Waals surface area (Å²) in [5.41, 5.74) is 1.24. The number of ether oxygens (including phenoxy) is 4. The summed E-state index contributed by atoms with van der Waals surface area (Å²) in [6, 6.07) is 6.17. The Morgan fingerprint density at radius 3 is 2.33 bits per heavy atom. The second-order valence-corrected chi connectivity index (χ2v) is 5.90. The maximum Gasteiger partial charge on any atom is 0.161 e. The van der Waals surface area contributed by atoms with Crippen LogP contribution in [0.4, 0.5) is 0 Å². The van der Waals surface area contributed by atoms with Crippen LogP contribution >= 0.6 is 0 Å². The van der Waals surface area contributed by atoms with Gasteiger partial charge in [-0.05, 0) is 36.5 Å². The fourth-order valence-corrected chi connectivity index (χ4v) is 3.12. The number of rotatable bonds is 5. The fourth-order valence-electron chi connectivity index (χ4n) is 3.12. The fraction of sp³-hybridized carbons (Fsp3) is 0.647. The molecule has 2 rings (SSSR count). The zero-order chi connectivity index (χ0) is 15.5. The normalized spacial score (nSPS) is 25.9. The predicted octanol–water partition coefficient (Wildman–Crippen LogP) is 3.38. The van der Waals surface area contributed by atoms with E-state index in [1.54, 1.807) is 21.3 Å². The molecule has 4 heteroatoms. The van der Waals surface area contributed by atoms with Crippen LogP contribution < -0.4 is 9.47 Å². The lowest BCUT2D eigenvalue weighted by molar-refractivity contribution is -0.172. The zero-order valence-electron chi connectivity index (χ0n) is 13.6. The SMILES string of the molecule is COc1ccc([C@]2(C(C)C)CCC(OC)OC2)cc1OC. The summed E-state index contributed by atoms with van der Waals surface area (Å²) in [4.78, 5) is 0. The highest BCUT2D eigenvalue weighted by Crippen LogP contribution is 2.43. The maximum absolute atomic E-state index is 5.89. The van der Waals surface area contributed by atoms with Crippen LogP contribution in [0.3, 0.4) is 0 Å². The van der Waals surface area contributed by atoms with Crippen LogP contribution in [0, 0.1) is 5.92 Å². The van der Waals surface area contributed by atoms with Gasteiger partial charge in [-0.2, -0.15) is 0 Å². The third-order valence-electron chi connectivity index (χ3n) is 4.68. The topological polar surface area (TPSA) is 36.9 Å². The van der Waals surface area contributed by atoms with Crippen molar-refractivity contribution >= 4 is 0 Å². The lowest BCUT2D eigenvalue weighted by atomic mass is 9.68. The molecule has 0 spiro atoms. The molecule has 1 aromatic carbocycles. The highest BCUT2D eigenvalue weighted by Gasteiger charge is 2.40. The first-order chi connectivity index (χ1) is 10.1. The quantitative estimate of drug-likeness (QED) is 0.834. The van der Waals surface area contributed by atoms with Crippen LogP contribution in [0.15, 0.2) is 18.2 Å². The standard InChI is InChI=1S/C17H26O4/c1-12(2)17(9-8-16(20-5)21-11-17)13-6-7-14(18-3)15(10-13)19-4/h6-7,10,12,16H,8-9,11H2,1-5H3/t16?,17-/m1/s1. The Morgan fingerprint density at radius 1 is 1.14 bits per heavy atom. The first-order valence-corrected chi connectivity index (χ1v) is 7.44. The molecular formula is C17H26O4. The number of methoxy groups -OCH3 is 3. The molecule has 118 valence electrons. The molecule has 1 heterocycles. The zero-order valence-corrected chi connectivity index (χ0v) is 13.6. The summed E-state index contributed by atoms with van der Waals surface area (Å²) < 4.78 is 22.0. The third-order valence-corrected chi connectivity index (χ3v) is 4.68. The van der Waals surface area contributed by atoms with Gasteiger partial charge in [-0.1, -0.05) is 19.9 Å². The van der Waals surface area contributed by atoms with Gasteiger partial charge in [0, 0.05) is 12.5 Å². The smallest absolute Gasteiger partial charge is 0.161 e. The Bertz CT molecular complexity index is 462. The van der Waals surface area contributed by atoms with E-state index >= 15 is 0 Å². The van der Waals surface area contributed by atoms with Crippen molar-refractivity contribution in [2.75, 3.05) is 27.9 Å². The molecule has 21 heavy (non-hydrogen) atoms. The molecule has 1 aliphatic heterocycles. The minimum absolute atomic E-state index is 0.00538. The monoisotopic (exact) mass is 294 g/mol. The molecule has 2 atom stereocenters. The first kappa shape index (κ1) is 16.1. The van der Waals surface area contributed by atoms with E-state index in [-0.39, 0.29) is 11.7 Å². The Balaban J connectivity index is 2.35. The van der Waals surface area contributed by atoms with Gasteiger partial charge in [0.2, 0.25) is 0 Å². The summed E-state index contributed by atoms with van der Waals surface area (Å²) in [6.45, 7) is 5.15. The van der Waals surface area contributed by atoms with Crippen LogP contribution in [0.2, 0.25) is 0 Å². The maximum atomic E-state index is 5.89. The van der Waals surface area contributed by atoms with E-state index in [9.17, 15) is 0 Å². The first-order valence-electron chi connectivity index (χ1n) is 7.44. The van der Waals surface area contributed by atoms with Gasteiger partial charge in [0.1, 0.15) is 0 Å².